The zero-order valence-electron chi connectivity index (χ0n) is 32.3. The molecule has 2 aliphatic heterocycles. The van der Waals surface area contributed by atoms with Gasteiger partial charge in [0.15, 0.2) is 17.5 Å². The summed E-state index contributed by atoms with van der Waals surface area (Å²) in [4.78, 5) is 15.3. The fourth-order valence-electron chi connectivity index (χ4n) is 6.68. The number of rotatable bonds is 7. The molecule has 6 aromatic rings. The normalized spacial score (nSPS) is 18.2. The largest absolute Gasteiger partial charge is 0.494 e. The lowest BCUT2D eigenvalue weighted by Crippen LogP contribution is -2.41. The van der Waals surface area contributed by atoms with Gasteiger partial charge >= 0.3 is 14.2 Å². The van der Waals surface area contributed by atoms with Crippen molar-refractivity contribution in [1.29, 1.82) is 0 Å². The van der Waals surface area contributed by atoms with Crippen molar-refractivity contribution in [3.8, 4) is 56.4 Å². The molecular weight excluding hydrogens is 668 g/mol. The van der Waals surface area contributed by atoms with Crippen LogP contribution in [-0.4, -0.2) is 51.6 Å². The summed E-state index contributed by atoms with van der Waals surface area (Å²) in [6.45, 7) is 16.5. The van der Waals surface area contributed by atoms with E-state index in [2.05, 4.69) is 146 Å². The topological polar surface area (TPSA) is 75.6 Å². The number of nitrogens with zero attached hydrogens (tertiary/aromatic N) is 3. The minimum Gasteiger partial charge on any atom is -0.399 e. The predicted molar refractivity (Wildman–Crippen MR) is 218 cm³/mol. The summed E-state index contributed by atoms with van der Waals surface area (Å²) < 4.78 is 26.3. The molecule has 0 amide bonds. The Bertz CT molecular complexity index is 2110. The van der Waals surface area contributed by atoms with E-state index in [4.69, 9.17) is 33.6 Å². The summed E-state index contributed by atoms with van der Waals surface area (Å²) in [7, 11) is -1.24. The maximum atomic E-state index is 6.56. The van der Waals surface area contributed by atoms with Crippen molar-refractivity contribution in [2.45, 2.75) is 77.8 Å². The standard InChI is InChI=1S/C45H45B2N3O4/c1-42(2)43(3,4)52-46(51-42)37-27-36(28-38(29-37)47-53-44(5,6)45(7,8)54-47)41-49-39(34-23-19-32(20-24-34)30-15-11-9-12-16-30)48-40(50-41)35-25-21-33(22-26-35)31-17-13-10-14-18-31/h9-29H,1-8H3. The second-order valence-electron chi connectivity index (χ2n) is 16.3. The predicted octanol–water partition coefficient (Wildman–Crippen LogP) is 8.81. The number of hydrogen-bond acceptors (Lipinski definition) is 7. The molecular formula is C45H45B2N3O4. The number of benzene rings is 5. The Morgan fingerprint density at radius 2 is 0.611 bits per heavy atom. The Labute approximate surface area is 319 Å². The molecule has 3 heterocycles. The van der Waals surface area contributed by atoms with E-state index in [-0.39, 0.29) is 0 Å². The molecule has 8 rings (SSSR count). The highest BCUT2D eigenvalue weighted by Crippen LogP contribution is 2.39. The van der Waals surface area contributed by atoms with Crippen LogP contribution in [-0.2, 0) is 18.6 Å². The highest BCUT2D eigenvalue weighted by Gasteiger charge is 2.54. The van der Waals surface area contributed by atoms with Crippen LogP contribution >= 0.6 is 0 Å². The fourth-order valence-corrected chi connectivity index (χ4v) is 6.68. The van der Waals surface area contributed by atoms with Crippen LogP contribution in [0.25, 0.3) is 56.4 Å². The number of hydrogen-bond donors (Lipinski definition) is 0. The summed E-state index contributed by atoms with van der Waals surface area (Å²) in [6, 6.07) is 43.6. The Morgan fingerprint density at radius 3 is 0.944 bits per heavy atom. The van der Waals surface area contributed by atoms with Crippen molar-refractivity contribution in [1.82, 2.24) is 15.0 Å². The molecule has 0 aliphatic carbocycles. The van der Waals surface area contributed by atoms with Gasteiger partial charge in [-0.3, -0.25) is 0 Å². The first-order chi connectivity index (χ1) is 25.7. The van der Waals surface area contributed by atoms with Gasteiger partial charge in [0.2, 0.25) is 0 Å². The Morgan fingerprint density at radius 1 is 0.333 bits per heavy atom. The van der Waals surface area contributed by atoms with E-state index in [1.165, 1.54) is 0 Å². The van der Waals surface area contributed by atoms with Crippen molar-refractivity contribution in [2.24, 2.45) is 0 Å². The second kappa shape index (κ2) is 13.4. The van der Waals surface area contributed by atoms with Gasteiger partial charge in [0.25, 0.3) is 0 Å². The molecule has 7 nitrogen and oxygen atoms in total. The van der Waals surface area contributed by atoms with Crippen molar-refractivity contribution in [3.05, 3.63) is 127 Å². The van der Waals surface area contributed by atoms with Crippen LogP contribution in [0.1, 0.15) is 55.4 Å². The molecule has 54 heavy (non-hydrogen) atoms. The van der Waals surface area contributed by atoms with Gasteiger partial charge in [-0.1, -0.05) is 127 Å². The van der Waals surface area contributed by atoms with Crippen LogP contribution in [0.3, 0.4) is 0 Å². The molecule has 0 radical (unpaired) electrons. The monoisotopic (exact) mass is 713 g/mol. The van der Waals surface area contributed by atoms with Crippen LogP contribution in [0.2, 0.25) is 0 Å². The maximum Gasteiger partial charge on any atom is 0.494 e. The molecule has 0 bridgehead atoms. The van der Waals surface area contributed by atoms with E-state index in [1.807, 2.05) is 36.4 Å². The third-order valence-electron chi connectivity index (χ3n) is 11.4. The van der Waals surface area contributed by atoms with Crippen molar-refractivity contribution in [3.63, 3.8) is 0 Å². The van der Waals surface area contributed by atoms with Crippen molar-refractivity contribution >= 4 is 25.2 Å². The van der Waals surface area contributed by atoms with Gasteiger partial charge in [0.1, 0.15) is 0 Å². The van der Waals surface area contributed by atoms with Gasteiger partial charge in [0, 0.05) is 16.7 Å². The van der Waals surface area contributed by atoms with Gasteiger partial charge in [-0.25, -0.2) is 15.0 Å². The average molecular weight is 713 g/mol. The first-order valence-corrected chi connectivity index (χ1v) is 18.6. The van der Waals surface area contributed by atoms with Gasteiger partial charge in [0.05, 0.1) is 22.4 Å². The highest BCUT2D eigenvalue weighted by atomic mass is 16.7. The average Bonchev–Trinajstić information content (AvgIpc) is 3.54. The number of aromatic nitrogens is 3. The lowest BCUT2D eigenvalue weighted by molar-refractivity contribution is 0.00578. The van der Waals surface area contributed by atoms with Crippen molar-refractivity contribution < 1.29 is 18.6 Å². The maximum absolute atomic E-state index is 6.56. The summed E-state index contributed by atoms with van der Waals surface area (Å²) in [5.41, 5.74) is 6.64. The zero-order chi connectivity index (χ0) is 37.9. The summed E-state index contributed by atoms with van der Waals surface area (Å²) in [5.74, 6) is 1.66. The van der Waals surface area contributed by atoms with E-state index in [9.17, 15) is 0 Å². The Balaban J connectivity index is 1.26. The summed E-state index contributed by atoms with van der Waals surface area (Å²) in [5, 5.41) is 0. The highest BCUT2D eigenvalue weighted by molar-refractivity contribution is 6.66. The molecule has 9 heteroatoms. The quantitative estimate of drug-likeness (QED) is 0.153. The lowest BCUT2D eigenvalue weighted by Gasteiger charge is -2.32. The van der Waals surface area contributed by atoms with Crippen LogP contribution in [0.5, 0.6) is 0 Å². The third-order valence-corrected chi connectivity index (χ3v) is 11.4. The smallest absolute Gasteiger partial charge is 0.399 e. The van der Waals surface area contributed by atoms with E-state index < -0.39 is 36.6 Å². The molecule has 5 aromatic carbocycles. The van der Waals surface area contributed by atoms with Gasteiger partial charge in [-0.2, -0.15) is 0 Å². The summed E-state index contributed by atoms with van der Waals surface area (Å²) >= 11 is 0. The van der Waals surface area contributed by atoms with Crippen LogP contribution in [0.4, 0.5) is 0 Å². The SMILES string of the molecule is CC1(C)OB(c2cc(B3OC(C)(C)C(C)(C)O3)cc(-c3nc(-c4ccc(-c5ccccc5)cc4)nc(-c4ccc(-c5ccccc5)cc4)n3)c2)OC1(C)C. The van der Waals surface area contributed by atoms with Crippen LogP contribution in [0, 0.1) is 0 Å². The van der Waals surface area contributed by atoms with Gasteiger partial charge < -0.3 is 18.6 Å². The first-order valence-electron chi connectivity index (χ1n) is 18.6. The van der Waals surface area contributed by atoms with Crippen LogP contribution < -0.4 is 10.9 Å². The molecule has 2 aliphatic rings. The molecule has 0 N–H and O–H groups in total. The minimum atomic E-state index is -0.618. The minimum absolute atomic E-state index is 0.519. The first kappa shape index (κ1) is 36.1. The lowest BCUT2D eigenvalue weighted by atomic mass is 9.71. The molecule has 0 saturated carbocycles. The van der Waals surface area contributed by atoms with E-state index in [1.54, 1.807) is 0 Å². The van der Waals surface area contributed by atoms with Gasteiger partial charge in [-0.05, 0) is 88.6 Å². The fraction of sp³-hybridized carbons (Fsp3) is 0.267. The molecule has 0 spiro atoms. The second-order valence-corrected chi connectivity index (χ2v) is 16.3. The summed E-state index contributed by atoms with van der Waals surface area (Å²) in [6.07, 6.45) is 0. The van der Waals surface area contributed by atoms with Crippen molar-refractivity contribution in [2.75, 3.05) is 0 Å². The molecule has 0 unspecified atom stereocenters. The molecule has 0 atom stereocenters. The van der Waals surface area contributed by atoms with Crippen LogP contribution in [0.15, 0.2) is 127 Å². The van der Waals surface area contributed by atoms with E-state index in [0.717, 1.165) is 49.9 Å². The van der Waals surface area contributed by atoms with E-state index in [0.29, 0.717) is 17.5 Å². The third kappa shape index (κ3) is 6.82. The molecule has 2 saturated heterocycles. The molecule has 2 fully saturated rings. The Hall–Kier alpha value is -4.92. The van der Waals surface area contributed by atoms with E-state index >= 15 is 0 Å². The molecule has 270 valence electrons. The zero-order valence-corrected chi connectivity index (χ0v) is 32.3. The Kier molecular flexibility index (Phi) is 8.97. The molecule has 1 aromatic heterocycles. The van der Waals surface area contributed by atoms with Gasteiger partial charge in [-0.15, -0.1) is 0 Å².